The van der Waals surface area contributed by atoms with E-state index >= 15 is 0 Å². The molecule has 1 aromatic heterocycles. The normalized spacial score (nSPS) is 11.6. The van der Waals surface area contributed by atoms with Crippen molar-refractivity contribution < 1.29 is 0 Å². The summed E-state index contributed by atoms with van der Waals surface area (Å²) in [5.74, 6) is 0.891. The van der Waals surface area contributed by atoms with E-state index in [9.17, 15) is 0 Å². The molecule has 0 aliphatic carbocycles. The molecular weight excluding hydrogens is 439 g/mol. The molecule has 0 saturated carbocycles. The molecule has 0 unspecified atom stereocenters. The van der Waals surface area contributed by atoms with Crippen molar-refractivity contribution in [3.63, 3.8) is 0 Å². The second kappa shape index (κ2) is 14.3. The van der Waals surface area contributed by atoms with Gasteiger partial charge >= 0.3 is 0 Å². The summed E-state index contributed by atoms with van der Waals surface area (Å²) in [7, 11) is 1.98. The first-order valence-electron chi connectivity index (χ1n) is 9.76. The third-order valence-corrected chi connectivity index (χ3v) is 4.42. The van der Waals surface area contributed by atoms with Gasteiger partial charge in [-0.05, 0) is 59.7 Å². The number of aliphatic imine (C=N–C) groups is 1. The quantitative estimate of drug-likeness (QED) is 0.222. The molecule has 1 heterocycles. The van der Waals surface area contributed by atoms with Crippen LogP contribution in [0, 0.1) is 13.8 Å². The van der Waals surface area contributed by atoms with Crippen LogP contribution in [0.25, 0.3) is 0 Å². The Morgan fingerprint density at radius 1 is 1.08 bits per heavy atom. The fraction of sp³-hybridized carbons (Fsp3) is 0.789. The molecule has 0 aliphatic heterocycles. The predicted octanol–water partition coefficient (Wildman–Crippen LogP) is 3.22. The van der Waals surface area contributed by atoms with Gasteiger partial charge in [0.1, 0.15) is 0 Å². The number of rotatable bonds is 11. The van der Waals surface area contributed by atoms with Gasteiger partial charge in [-0.1, -0.05) is 13.8 Å². The lowest BCUT2D eigenvalue weighted by Gasteiger charge is -2.21. The second-order valence-electron chi connectivity index (χ2n) is 6.59. The minimum atomic E-state index is 0. The molecule has 0 amide bonds. The summed E-state index contributed by atoms with van der Waals surface area (Å²) in [6.07, 6.45) is 3.58. The average Bonchev–Trinajstić information content (AvgIpc) is 2.82. The van der Waals surface area contributed by atoms with E-state index in [0.29, 0.717) is 6.54 Å². The third kappa shape index (κ3) is 8.70. The van der Waals surface area contributed by atoms with E-state index in [0.717, 1.165) is 37.7 Å². The fourth-order valence-electron chi connectivity index (χ4n) is 3.02. The number of aryl methyl sites for hydroxylation is 2. The highest BCUT2D eigenvalue weighted by Crippen LogP contribution is 2.12. The van der Waals surface area contributed by atoms with Gasteiger partial charge in [0.05, 0.1) is 12.2 Å². The maximum atomic E-state index is 4.74. The Hall–Kier alpha value is -0.830. The third-order valence-electron chi connectivity index (χ3n) is 4.42. The number of aromatic nitrogens is 2. The summed E-state index contributed by atoms with van der Waals surface area (Å²) in [5, 5.41) is 11.3. The highest BCUT2D eigenvalue weighted by atomic mass is 127. The minimum Gasteiger partial charge on any atom is -0.357 e. The van der Waals surface area contributed by atoms with Gasteiger partial charge < -0.3 is 15.5 Å². The Balaban J connectivity index is 0.00000625. The summed E-state index contributed by atoms with van der Waals surface area (Å²) < 4.78 is 1.93. The van der Waals surface area contributed by atoms with Gasteiger partial charge in [0.2, 0.25) is 0 Å². The first-order chi connectivity index (χ1) is 12.0. The van der Waals surface area contributed by atoms with Crippen LogP contribution in [-0.4, -0.2) is 53.4 Å². The first kappa shape index (κ1) is 25.2. The van der Waals surface area contributed by atoms with Gasteiger partial charge in [-0.2, -0.15) is 5.10 Å². The molecule has 0 aromatic carbocycles. The Labute approximate surface area is 177 Å². The van der Waals surface area contributed by atoms with Crippen LogP contribution in [0.15, 0.2) is 4.99 Å². The second-order valence-corrected chi connectivity index (χ2v) is 6.59. The van der Waals surface area contributed by atoms with Crippen LogP contribution in [-0.2, 0) is 13.6 Å². The Morgan fingerprint density at radius 2 is 1.73 bits per heavy atom. The lowest BCUT2D eigenvalue weighted by Crippen LogP contribution is -2.39. The zero-order valence-electron chi connectivity index (χ0n) is 17.6. The number of halogens is 1. The predicted molar refractivity (Wildman–Crippen MR) is 123 cm³/mol. The van der Waals surface area contributed by atoms with Crippen molar-refractivity contribution in [3.05, 3.63) is 17.0 Å². The van der Waals surface area contributed by atoms with Crippen molar-refractivity contribution in [1.29, 1.82) is 0 Å². The van der Waals surface area contributed by atoms with Crippen LogP contribution >= 0.6 is 24.0 Å². The van der Waals surface area contributed by atoms with E-state index in [1.807, 2.05) is 18.7 Å². The molecule has 0 spiro atoms. The van der Waals surface area contributed by atoms with Gasteiger partial charge in [0.25, 0.3) is 0 Å². The number of nitrogens with one attached hydrogen (secondary N) is 2. The van der Waals surface area contributed by atoms with Crippen LogP contribution in [0.1, 0.15) is 57.0 Å². The Kier molecular flexibility index (Phi) is 13.8. The molecule has 0 saturated heterocycles. The number of guanidine groups is 1. The monoisotopic (exact) mass is 478 g/mol. The molecule has 0 atom stereocenters. The van der Waals surface area contributed by atoms with E-state index in [-0.39, 0.29) is 24.0 Å². The van der Waals surface area contributed by atoms with Crippen LogP contribution in [0.5, 0.6) is 0 Å². The Morgan fingerprint density at radius 3 is 2.23 bits per heavy atom. The molecular formula is C19H39IN6. The van der Waals surface area contributed by atoms with E-state index in [1.165, 1.54) is 37.2 Å². The van der Waals surface area contributed by atoms with E-state index < -0.39 is 0 Å². The first-order valence-corrected chi connectivity index (χ1v) is 9.76. The van der Waals surface area contributed by atoms with Gasteiger partial charge in [0, 0.05) is 31.4 Å². The van der Waals surface area contributed by atoms with Gasteiger partial charge in [0.15, 0.2) is 5.96 Å². The van der Waals surface area contributed by atoms with Crippen LogP contribution in [0.4, 0.5) is 0 Å². The molecule has 2 N–H and O–H groups in total. The van der Waals surface area contributed by atoms with Crippen molar-refractivity contribution in [3.8, 4) is 0 Å². The largest absolute Gasteiger partial charge is 0.357 e. The van der Waals surface area contributed by atoms with Crippen LogP contribution in [0.3, 0.4) is 0 Å². The van der Waals surface area contributed by atoms with Crippen molar-refractivity contribution in [1.82, 2.24) is 25.3 Å². The fourth-order valence-corrected chi connectivity index (χ4v) is 3.02. The molecule has 1 aromatic rings. The summed E-state index contributed by atoms with van der Waals surface area (Å²) in [5.41, 5.74) is 3.47. The standard InChI is InChI=1S/C19H38N6.HI/c1-7-12-25(13-8-2)14-10-11-21-19(20-9-3)22-15-18-16(4)23-24(6)17(18)5;/h7-15H2,1-6H3,(H2,20,21,22);1H. The lowest BCUT2D eigenvalue weighted by molar-refractivity contribution is 0.271. The summed E-state index contributed by atoms with van der Waals surface area (Å²) in [6, 6.07) is 0. The molecule has 1 rings (SSSR count). The molecule has 152 valence electrons. The summed E-state index contributed by atoms with van der Waals surface area (Å²) >= 11 is 0. The van der Waals surface area contributed by atoms with Crippen molar-refractivity contribution in [2.24, 2.45) is 12.0 Å². The number of hydrogen-bond donors (Lipinski definition) is 2. The SMILES string of the molecule is CCCN(CCC)CCCNC(=NCc1c(C)nn(C)c1C)NCC.I. The smallest absolute Gasteiger partial charge is 0.191 e. The van der Waals surface area contributed by atoms with Gasteiger partial charge in [-0.3, -0.25) is 4.68 Å². The average molecular weight is 478 g/mol. The van der Waals surface area contributed by atoms with Crippen molar-refractivity contribution in [2.45, 2.75) is 60.4 Å². The molecule has 0 bridgehead atoms. The maximum absolute atomic E-state index is 4.74. The van der Waals surface area contributed by atoms with Gasteiger partial charge in [-0.15, -0.1) is 24.0 Å². The minimum absolute atomic E-state index is 0. The summed E-state index contributed by atoms with van der Waals surface area (Å²) in [4.78, 5) is 7.29. The number of hydrogen-bond acceptors (Lipinski definition) is 3. The molecule has 0 radical (unpaired) electrons. The molecule has 0 aliphatic rings. The Bertz CT molecular complexity index is 520. The van der Waals surface area contributed by atoms with E-state index in [1.54, 1.807) is 0 Å². The van der Waals surface area contributed by atoms with Crippen LogP contribution < -0.4 is 10.6 Å². The maximum Gasteiger partial charge on any atom is 0.191 e. The molecule has 6 nitrogen and oxygen atoms in total. The summed E-state index contributed by atoms with van der Waals surface area (Å²) in [6.45, 7) is 16.8. The van der Waals surface area contributed by atoms with E-state index in [2.05, 4.69) is 48.3 Å². The van der Waals surface area contributed by atoms with Gasteiger partial charge in [-0.25, -0.2) is 4.99 Å². The highest BCUT2D eigenvalue weighted by Gasteiger charge is 2.09. The molecule has 26 heavy (non-hydrogen) atoms. The molecule has 7 heteroatoms. The van der Waals surface area contributed by atoms with Crippen molar-refractivity contribution in [2.75, 3.05) is 32.7 Å². The lowest BCUT2D eigenvalue weighted by atomic mass is 10.2. The zero-order chi connectivity index (χ0) is 18.7. The topological polar surface area (TPSA) is 57.5 Å². The van der Waals surface area contributed by atoms with Crippen molar-refractivity contribution >= 4 is 29.9 Å². The molecule has 0 fully saturated rings. The zero-order valence-corrected chi connectivity index (χ0v) is 19.9. The van der Waals surface area contributed by atoms with Crippen LogP contribution in [0.2, 0.25) is 0 Å². The number of nitrogens with zero attached hydrogens (tertiary/aromatic N) is 4. The van der Waals surface area contributed by atoms with E-state index in [4.69, 9.17) is 4.99 Å². The highest BCUT2D eigenvalue weighted by molar-refractivity contribution is 14.0.